The first-order valence-electron chi connectivity index (χ1n) is 8.12. The topological polar surface area (TPSA) is 98.0 Å². The number of fused-ring (bicyclic) bond motifs is 1. The standard InChI is InChI=1S/C20H14N4O2S/c21-18(25)14-7-10-27-20(14)24-19(26)15-11-17(12-5-8-22-9-6-12)23-16-4-2-1-3-13(15)16/h1-11H,(H2,21,25)(H,24,26). The molecular formula is C20H14N4O2S. The normalized spacial score (nSPS) is 10.7. The average molecular weight is 374 g/mol. The molecule has 0 unspecified atom stereocenters. The van der Waals surface area contributed by atoms with Crippen molar-refractivity contribution in [3.63, 3.8) is 0 Å². The molecule has 2 amide bonds. The van der Waals surface area contributed by atoms with Gasteiger partial charge in [-0.25, -0.2) is 4.98 Å². The Labute approximate surface area is 158 Å². The lowest BCUT2D eigenvalue weighted by molar-refractivity contribution is 0.100. The van der Waals surface area contributed by atoms with E-state index in [1.54, 1.807) is 29.9 Å². The number of hydrogen-bond acceptors (Lipinski definition) is 5. The second kappa shape index (κ2) is 6.97. The highest BCUT2D eigenvalue weighted by Crippen LogP contribution is 2.27. The fraction of sp³-hybridized carbons (Fsp3) is 0. The molecule has 0 aliphatic heterocycles. The Kier molecular flexibility index (Phi) is 4.35. The van der Waals surface area contributed by atoms with Gasteiger partial charge in [0.2, 0.25) is 0 Å². The minimum absolute atomic E-state index is 0.293. The van der Waals surface area contributed by atoms with Crippen molar-refractivity contribution in [2.75, 3.05) is 5.32 Å². The van der Waals surface area contributed by atoms with E-state index in [4.69, 9.17) is 5.73 Å². The van der Waals surface area contributed by atoms with Crippen LogP contribution < -0.4 is 11.1 Å². The number of nitrogens with zero attached hydrogens (tertiary/aromatic N) is 2. The van der Waals surface area contributed by atoms with E-state index in [0.717, 1.165) is 10.9 Å². The van der Waals surface area contributed by atoms with E-state index in [9.17, 15) is 9.59 Å². The second-order valence-electron chi connectivity index (χ2n) is 5.79. The lowest BCUT2D eigenvalue weighted by Gasteiger charge is -2.10. The zero-order chi connectivity index (χ0) is 18.8. The van der Waals surface area contributed by atoms with Crippen molar-refractivity contribution >= 4 is 39.1 Å². The van der Waals surface area contributed by atoms with Gasteiger partial charge in [-0.2, -0.15) is 0 Å². The summed E-state index contributed by atoms with van der Waals surface area (Å²) in [7, 11) is 0. The summed E-state index contributed by atoms with van der Waals surface area (Å²) in [4.78, 5) is 33.2. The van der Waals surface area contributed by atoms with E-state index in [-0.39, 0.29) is 5.91 Å². The first-order chi connectivity index (χ1) is 13.1. The third-order valence-corrected chi connectivity index (χ3v) is 4.92. The van der Waals surface area contributed by atoms with Crippen molar-refractivity contribution in [2.24, 2.45) is 5.73 Å². The Morgan fingerprint density at radius 1 is 1.00 bits per heavy atom. The highest BCUT2D eigenvalue weighted by atomic mass is 32.1. The highest BCUT2D eigenvalue weighted by Gasteiger charge is 2.17. The summed E-state index contributed by atoms with van der Waals surface area (Å²) in [6, 6.07) is 14.4. The number of primary amides is 1. The maximum absolute atomic E-state index is 13.0. The lowest BCUT2D eigenvalue weighted by Crippen LogP contribution is -2.17. The van der Waals surface area contributed by atoms with Crippen LogP contribution in [0.25, 0.3) is 22.2 Å². The number of nitrogens with two attached hydrogens (primary N) is 1. The van der Waals surface area contributed by atoms with E-state index in [0.29, 0.717) is 27.3 Å². The highest BCUT2D eigenvalue weighted by molar-refractivity contribution is 7.14. The van der Waals surface area contributed by atoms with Crippen LogP contribution in [0.5, 0.6) is 0 Å². The molecule has 0 bridgehead atoms. The van der Waals surface area contributed by atoms with Crippen molar-refractivity contribution < 1.29 is 9.59 Å². The molecule has 0 spiro atoms. The van der Waals surface area contributed by atoms with E-state index < -0.39 is 5.91 Å². The number of aromatic nitrogens is 2. The number of anilines is 1. The molecule has 1 aromatic carbocycles. The van der Waals surface area contributed by atoms with Crippen molar-refractivity contribution in [2.45, 2.75) is 0 Å². The first-order valence-corrected chi connectivity index (χ1v) is 9.00. The molecule has 7 heteroatoms. The molecule has 4 aromatic rings. The summed E-state index contributed by atoms with van der Waals surface area (Å²) < 4.78 is 0. The van der Waals surface area contributed by atoms with Gasteiger partial charge in [-0.05, 0) is 35.7 Å². The van der Waals surface area contributed by atoms with Gasteiger partial charge in [0.15, 0.2) is 0 Å². The number of pyridine rings is 2. The van der Waals surface area contributed by atoms with Gasteiger partial charge < -0.3 is 11.1 Å². The van der Waals surface area contributed by atoms with Crippen molar-refractivity contribution in [3.05, 3.63) is 77.4 Å². The molecule has 4 rings (SSSR count). The molecule has 0 aliphatic carbocycles. The van der Waals surface area contributed by atoms with Crippen molar-refractivity contribution in [1.29, 1.82) is 0 Å². The van der Waals surface area contributed by atoms with Gasteiger partial charge in [-0.15, -0.1) is 11.3 Å². The van der Waals surface area contributed by atoms with Gasteiger partial charge in [0.05, 0.1) is 22.3 Å². The van der Waals surface area contributed by atoms with Crippen LogP contribution in [0.1, 0.15) is 20.7 Å². The molecule has 0 radical (unpaired) electrons. The van der Waals surface area contributed by atoms with Crippen molar-refractivity contribution in [1.82, 2.24) is 9.97 Å². The summed E-state index contributed by atoms with van der Waals surface area (Å²) in [6.45, 7) is 0. The predicted molar refractivity (Wildman–Crippen MR) is 106 cm³/mol. The van der Waals surface area contributed by atoms with E-state index in [1.165, 1.54) is 11.3 Å². The molecule has 3 N–H and O–H groups in total. The molecule has 0 atom stereocenters. The minimum Gasteiger partial charge on any atom is -0.366 e. The Hall–Kier alpha value is -3.58. The van der Waals surface area contributed by atoms with Gasteiger partial charge in [0, 0.05) is 23.3 Å². The molecular weight excluding hydrogens is 360 g/mol. The number of rotatable bonds is 4. The van der Waals surface area contributed by atoms with Crippen LogP contribution >= 0.6 is 11.3 Å². The quantitative estimate of drug-likeness (QED) is 0.569. The van der Waals surface area contributed by atoms with Crippen LogP contribution in [0.2, 0.25) is 0 Å². The fourth-order valence-electron chi connectivity index (χ4n) is 2.80. The minimum atomic E-state index is -0.580. The molecule has 27 heavy (non-hydrogen) atoms. The Bertz CT molecular complexity index is 1160. The van der Waals surface area contributed by atoms with Gasteiger partial charge in [-0.1, -0.05) is 18.2 Å². The summed E-state index contributed by atoms with van der Waals surface area (Å²) in [5.41, 5.74) is 8.36. The number of thiophene rings is 1. The summed E-state index contributed by atoms with van der Waals surface area (Å²) in [6.07, 6.45) is 3.35. The largest absolute Gasteiger partial charge is 0.366 e. The molecule has 6 nitrogen and oxygen atoms in total. The first kappa shape index (κ1) is 16.9. The molecule has 0 saturated heterocycles. The number of amides is 2. The Morgan fingerprint density at radius 3 is 2.56 bits per heavy atom. The summed E-state index contributed by atoms with van der Waals surface area (Å²) >= 11 is 1.25. The monoisotopic (exact) mass is 374 g/mol. The Morgan fingerprint density at radius 2 is 1.78 bits per heavy atom. The maximum Gasteiger partial charge on any atom is 0.257 e. The van der Waals surface area contributed by atoms with Gasteiger partial charge >= 0.3 is 0 Å². The smallest absolute Gasteiger partial charge is 0.257 e. The maximum atomic E-state index is 13.0. The molecule has 3 aromatic heterocycles. The van der Waals surface area contributed by atoms with Gasteiger partial charge in [0.25, 0.3) is 11.8 Å². The van der Waals surface area contributed by atoms with E-state index in [2.05, 4.69) is 15.3 Å². The molecule has 3 heterocycles. The van der Waals surface area contributed by atoms with E-state index in [1.807, 2.05) is 36.4 Å². The fourth-order valence-corrected chi connectivity index (χ4v) is 3.59. The van der Waals surface area contributed by atoms with Crippen molar-refractivity contribution in [3.8, 4) is 11.3 Å². The molecule has 0 fully saturated rings. The second-order valence-corrected chi connectivity index (χ2v) is 6.71. The third kappa shape index (κ3) is 3.28. The number of benzene rings is 1. The van der Waals surface area contributed by atoms with Crippen LogP contribution in [0.3, 0.4) is 0 Å². The third-order valence-electron chi connectivity index (χ3n) is 4.09. The molecule has 0 aliphatic rings. The zero-order valence-corrected chi connectivity index (χ0v) is 14.9. The lowest BCUT2D eigenvalue weighted by atomic mass is 10.0. The number of carbonyl (C=O) groups is 2. The van der Waals surface area contributed by atoms with Gasteiger partial charge in [0.1, 0.15) is 5.00 Å². The van der Waals surface area contributed by atoms with Crippen LogP contribution in [0, 0.1) is 0 Å². The summed E-state index contributed by atoms with van der Waals surface area (Å²) in [5.74, 6) is -0.905. The van der Waals surface area contributed by atoms with E-state index >= 15 is 0 Å². The number of nitrogens with one attached hydrogen (secondary N) is 1. The Balaban J connectivity index is 1.81. The number of para-hydroxylation sites is 1. The number of carbonyl (C=O) groups excluding carboxylic acids is 2. The van der Waals surface area contributed by atoms with Crippen LogP contribution in [-0.4, -0.2) is 21.8 Å². The molecule has 132 valence electrons. The van der Waals surface area contributed by atoms with Gasteiger partial charge in [-0.3, -0.25) is 14.6 Å². The zero-order valence-electron chi connectivity index (χ0n) is 14.0. The SMILES string of the molecule is NC(=O)c1ccsc1NC(=O)c1cc(-c2ccncc2)nc2ccccc12. The van der Waals surface area contributed by atoms with Crippen LogP contribution in [0.15, 0.2) is 66.3 Å². The van der Waals surface area contributed by atoms with Crippen LogP contribution in [0.4, 0.5) is 5.00 Å². The predicted octanol–water partition coefficient (Wildman–Crippen LogP) is 3.71. The average Bonchev–Trinajstić information content (AvgIpc) is 3.16. The molecule has 0 saturated carbocycles. The summed E-state index contributed by atoms with van der Waals surface area (Å²) in [5, 5.41) is 5.67. The van der Waals surface area contributed by atoms with Crippen LogP contribution in [-0.2, 0) is 0 Å². The number of hydrogen-bond donors (Lipinski definition) is 2.